The third-order valence-electron chi connectivity index (χ3n) is 2.84. The van der Waals surface area contributed by atoms with Crippen LogP contribution < -0.4 is 0 Å². The summed E-state index contributed by atoms with van der Waals surface area (Å²) < 4.78 is 10.9. The molecule has 0 saturated heterocycles. The number of hydrogen-bond acceptors (Lipinski definition) is 3. The minimum Gasteiger partial charge on any atom is -0.497 e. The maximum Gasteiger partial charge on any atom is 0.168 e. The monoisotopic (exact) mass is 212 g/mol. The van der Waals surface area contributed by atoms with Crippen molar-refractivity contribution in [3.8, 4) is 0 Å². The fraction of sp³-hybridized carbons (Fsp3) is 0.750. The largest absolute Gasteiger partial charge is 0.497 e. The van der Waals surface area contributed by atoms with Gasteiger partial charge in [0.05, 0.1) is 18.8 Å². The van der Waals surface area contributed by atoms with Crippen LogP contribution in [-0.4, -0.2) is 25.1 Å². The number of Topliss-reactive ketones (excluding diaryl/α,β-unsaturated/α-hetero) is 1. The van der Waals surface area contributed by atoms with E-state index in [-0.39, 0.29) is 23.7 Å². The molecule has 3 nitrogen and oxygen atoms in total. The Morgan fingerprint density at radius 3 is 2.87 bits per heavy atom. The molecule has 0 saturated carbocycles. The molecule has 0 radical (unpaired) electrons. The lowest BCUT2D eigenvalue weighted by Gasteiger charge is -2.31. The van der Waals surface area contributed by atoms with Gasteiger partial charge in [0.2, 0.25) is 0 Å². The second kappa shape index (κ2) is 5.31. The van der Waals surface area contributed by atoms with Gasteiger partial charge in [0.25, 0.3) is 0 Å². The maximum atomic E-state index is 11.7. The first-order chi connectivity index (χ1) is 7.07. The summed E-state index contributed by atoms with van der Waals surface area (Å²) in [5.74, 6) is 0.369. The summed E-state index contributed by atoms with van der Waals surface area (Å²) in [6.45, 7) is 9.08. The molecule has 0 bridgehead atoms. The summed E-state index contributed by atoms with van der Waals surface area (Å²) in [4.78, 5) is 11.7. The first-order valence-electron chi connectivity index (χ1n) is 5.52. The molecular weight excluding hydrogens is 192 g/mol. The second-order valence-corrected chi connectivity index (χ2v) is 4.19. The van der Waals surface area contributed by atoms with Crippen molar-refractivity contribution in [1.29, 1.82) is 0 Å². The van der Waals surface area contributed by atoms with E-state index in [0.29, 0.717) is 18.8 Å². The SMILES string of the molecule is CCOCC(C)C1OC=C(C)C(=O)C1C. The third kappa shape index (κ3) is 2.81. The van der Waals surface area contributed by atoms with Crippen molar-refractivity contribution in [3.63, 3.8) is 0 Å². The van der Waals surface area contributed by atoms with E-state index >= 15 is 0 Å². The Labute approximate surface area is 91.4 Å². The summed E-state index contributed by atoms with van der Waals surface area (Å²) in [5.41, 5.74) is 0.711. The summed E-state index contributed by atoms with van der Waals surface area (Å²) in [6, 6.07) is 0. The van der Waals surface area contributed by atoms with Gasteiger partial charge in [0.15, 0.2) is 5.78 Å². The molecule has 0 aromatic carbocycles. The zero-order valence-corrected chi connectivity index (χ0v) is 9.95. The lowest BCUT2D eigenvalue weighted by Crippen LogP contribution is -2.38. The second-order valence-electron chi connectivity index (χ2n) is 4.19. The topological polar surface area (TPSA) is 35.5 Å². The van der Waals surface area contributed by atoms with Crippen molar-refractivity contribution in [3.05, 3.63) is 11.8 Å². The summed E-state index contributed by atoms with van der Waals surface area (Å²) in [7, 11) is 0. The lowest BCUT2D eigenvalue weighted by atomic mass is 9.86. The third-order valence-corrected chi connectivity index (χ3v) is 2.84. The van der Waals surface area contributed by atoms with E-state index in [2.05, 4.69) is 6.92 Å². The van der Waals surface area contributed by atoms with Gasteiger partial charge in [-0.15, -0.1) is 0 Å². The molecule has 1 aliphatic heterocycles. The van der Waals surface area contributed by atoms with E-state index in [0.717, 1.165) is 0 Å². The van der Waals surface area contributed by atoms with Gasteiger partial charge in [0, 0.05) is 18.1 Å². The Hall–Kier alpha value is -0.830. The average Bonchev–Trinajstić information content (AvgIpc) is 2.23. The van der Waals surface area contributed by atoms with Crippen molar-refractivity contribution >= 4 is 5.78 Å². The molecule has 0 amide bonds. The molecule has 15 heavy (non-hydrogen) atoms. The molecule has 1 aliphatic rings. The number of allylic oxidation sites excluding steroid dienone is 1. The van der Waals surface area contributed by atoms with Gasteiger partial charge >= 0.3 is 0 Å². The van der Waals surface area contributed by atoms with Crippen LogP contribution in [0.25, 0.3) is 0 Å². The highest BCUT2D eigenvalue weighted by molar-refractivity contribution is 5.97. The zero-order chi connectivity index (χ0) is 11.4. The molecule has 3 atom stereocenters. The van der Waals surface area contributed by atoms with Crippen molar-refractivity contribution in [2.75, 3.05) is 13.2 Å². The molecular formula is C12H20O3. The number of ether oxygens (including phenoxy) is 2. The molecule has 1 rings (SSSR count). The molecule has 0 fully saturated rings. The van der Waals surface area contributed by atoms with Gasteiger partial charge in [-0.3, -0.25) is 4.79 Å². The Morgan fingerprint density at radius 1 is 1.60 bits per heavy atom. The van der Waals surface area contributed by atoms with Crippen molar-refractivity contribution in [2.45, 2.75) is 33.8 Å². The van der Waals surface area contributed by atoms with Gasteiger partial charge < -0.3 is 9.47 Å². The van der Waals surface area contributed by atoms with Crippen LogP contribution in [0, 0.1) is 11.8 Å². The molecule has 0 aliphatic carbocycles. The van der Waals surface area contributed by atoms with Gasteiger partial charge in [-0.05, 0) is 13.8 Å². The summed E-state index contributed by atoms with van der Waals surface area (Å²) in [5, 5.41) is 0. The van der Waals surface area contributed by atoms with Gasteiger partial charge in [0.1, 0.15) is 6.10 Å². The fourth-order valence-corrected chi connectivity index (χ4v) is 1.89. The van der Waals surface area contributed by atoms with E-state index in [1.165, 1.54) is 0 Å². The summed E-state index contributed by atoms with van der Waals surface area (Å²) in [6.07, 6.45) is 1.53. The molecule has 3 unspecified atom stereocenters. The quantitative estimate of drug-likeness (QED) is 0.716. The molecule has 0 aromatic rings. The van der Waals surface area contributed by atoms with E-state index in [9.17, 15) is 4.79 Å². The van der Waals surface area contributed by atoms with Crippen LogP contribution in [0.4, 0.5) is 0 Å². The highest BCUT2D eigenvalue weighted by atomic mass is 16.5. The van der Waals surface area contributed by atoms with Crippen LogP contribution >= 0.6 is 0 Å². The van der Waals surface area contributed by atoms with Crippen LogP contribution in [-0.2, 0) is 14.3 Å². The fourth-order valence-electron chi connectivity index (χ4n) is 1.89. The first-order valence-corrected chi connectivity index (χ1v) is 5.52. The van der Waals surface area contributed by atoms with Crippen molar-refractivity contribution < 1.29 is 14.3 Å². The standard InChI is InChI=1S/C12H20O3/c1-5-14-6-9(3)12-10(4)11(13)8(2)7-15-12/h7,9-10,12H,5-6H2,1-4H3. The van der Waals surface area contributed by atoms with E-state index in [4.69, 9.17) is 9.47 Å². The smallest absolute Gasteiger partial charge is 0.168 e. The number of carbonyl (C=O) groups excluding carboxylic acids is 1. The Kier molecular flexibility index (Phi) is 4.33. The molecule has 1 heterocycles. The molecule has 0 aromatic heterocycles. The zero-order valence-electron chi connectivity index (χ0n) is 9.95. The maximum absolute atomic E-state index is 11.7. The minimum atomic E-state index is -0.0644. The van der Waals surface area contributed by atoms with Gasteiger partial charge in [-0.1, -0.05) is 13.8 Å². The van der Waals surface area contributed by atoms with Crippen LogP contribution in [0.3, 0.4) is 0 Å². The first kappa shape index (κ1) is 12.2. The van der Waals surface area contributed by atoms with Crippen molar-refractivity contribution in [1.82, 2.24) is 0 Å². The Bertz CT molecular complexity index is 258. The minimum absolute atomic E-state index is 0.0484. The van der Waals surface area contributed by atoms with E-state index < -0.39 is 0 Å². The highest BCUT2D eigenvalue weighted by Crippen LogP contribution is 2.25. The summed E-state index contributed by atoms with van der Waals surface area (Å²) >= 11 is 0. The van der Waals surface area contributed by atoms with Gasteiger partial charge in [-0.2, -0.15) is 0 Å². The normalized spacial score (nSPS) is 28.3. The molecule has 0 spiro atoms. The number of hydrogen-bond donors (Lipinski definition) is 0. The highest BCUT2D eigenvalue weighted by Gasteiger charge is 2.33. The predicted octanol–water partition coefficient (Wildman–Crippen LogP) is 2.17. The van der Waals surface area contributed by atoms with Crippen LogP contribution in [0.1, 0.15) is 27.7 Å². The number of rotatable bonds is 4. The van der Waals surface area contributed by atoms with Crippen molar-refractivity contribution in [2.24, 2.45) is 11.8 Å². The van der Waals surface area contributed by atoms with Crippen LogP contribution in [0.2, 0.25) is 0 Å². The van der Waals surface area contributed by atoms with E-state index in [1.807, 2.05) is 13.8 Å². The van der Waals surface area contributed by atoms with Crippen LogP contribution in [0.5, 0.6) is 0 Å². The van der Waals surface area contributed by atoms with Crippen LogP contribution in [0.15, 0.2) is 11.8 Å². The predicted molar refractivity (Wildman–Crippen MR) is 58.5 cm³/mol. The average molecular weight is 212 g/mol. The molecule has 0 N–H and O–H groups in total. The number of carbonyl (C=O) groups is 1. The number of ketones is 1. The molecule has 3 heteroatoms. The lowest BCUT2D eigenvalue weighted by molar-refractivity contribution is -0.126. The molecule has 86 valence electrons. The Morgan fingerprint density at radius 2 is 2.27 bits per heavy atom. The Balaban J connectivity index is 2.60. The van der Waals surface area contributed by atoms with E-state index in [1.54, 1.807) is 13.2 Å². The van der Waals surface area contributed by atoms with Gasteiger partial charge in [-0.25, -0.2) is 0 Å².